The van der Waals surface area contributed by atoms with E-state index in [0.29, 0.717) is 17.3 Å². The minimum atomic E-state index is -0.0406. The third kappa shape index (κ3) is 4.06. The molecular formula is C15H21ClN2O. The van der Waals surface area contributed by atoms with Gasteiger partial charge in [-0.2, -0.15) is 0 Å². The van der Waals surface area contributed by atoms with Crippen LogP contribution in [0.4, 0.5) is 0 Å². The van der Waals surface area contributed by atoms with Gasteiger partial charge in [0.2, 0.25) is 0 Å². The van der Waals surface area contributed by atoms with Crippen molar-refractivity contribution in [2.45, 2.75) is 39.7 Å². The standard InChI is InChI=1S/C15H21ClN2O/c1-6-7-18(11(4)5)15(19)12-8-13(10(2)3)17-14(16)9-12/h6,8-11H,1,7H2,2-5H3. The summed E-state index contributed by atoms with van der Waals surface area (Å²) in [4.78, 5) is 18.5. The molecule has 0 aliphatic rings. The molecule has 1 amide bonds. The Hall–Kier alpha value is -1.35. The SMILES string of the molecule is C=CCN(C(=O)c1cc(Cl)nc(C(C)C)c1)C(C)C. The van der Waals surface area contributed by atoms with E-state index in [9.17, 15) is 4.79 Å². The zero-order chi connectivity index (χ0) is 14.6. The fourth-order valence-electron chi connectivity index (χ4n) is 1.77. The predicted octanol–water partition coefficient (Wildman–Crippen LogP) is 3.90. The average molecular weight is 281 g/mol. The lowest BCUT2D eigenvalue weighted by Crippen LogP contribution is -2.37. The summed E-state index contributed by atoms with van der Waals surface area (Å²) in [7, 11) is 0. The van der Waals surface area contributed by atoms with Crippen molar-refractivity contribution < 1.29 is 4.79 Å². The van der Waals surface area contributed by atoms with Gasteiger partial charge < -0.3 is 4.90 Å². The molecule has 0 unspecified atom stereocenters. The highest BCUT2D eigenvalue weighted by Crippen LogP contribution is 2.19. The topological polar surface area (TPSA) is 33.2 Å². The maximum absolute atomic E-state index is 12.5. The van der Waals surface area contributed by atoms with Crippen LogP contribution in [0.15, 0.2) is 24.8 Å². The molecule has 1 rings (SSSR count). The highest BCUT2D eigenvalue weighted by molar-refractivity contribution is 6.29. The molecule has 0 N–H and O–H groups in total. The highest BCUT2D eigenvalue weighted by Gasteiger charge is 2.19. The van der Waals surface area contributed by atoms with Crippen molar-refractivity contribution in [2.24, 2.45) is 0 Å². The van der Waals surface area contributed by atoms with E-state index < -0.39 is 0 Å². The zero-order valence-electron chi connectivity index (χ0n) is 12.0. The molecule has 0 saturated heterocycles. The van der Waals surface area contributed by atoms with Crippen LogP contribution in [0.5, 0.6) is 0 Å². The number of nitrogens with zero attached hydrogens (tertiary/aromatic N) is 2. The van der Waals surface area contributed by atoms with Crippen LogP contribution in [0, 0.1) is 0 Å². The van der Waals surface area contributed by atoms with E-state index >= 15 is 0 Å². The maximum Gasteiger partial charge on any atom is 0.254 e. The molecule has 19 heavy (non-hydrogen) atoms. The van der Waals surface area contributed by atoms with Crippen LogP contribution in [0.3, 0.4) is 0 Å². The molecule has 0 aliphatic carbocycles. The Labute approximate surface area is 120 Å². The molecule has 0 aliphatic heterocycles. The molecule has 104 valence electrons. The van der Waals surface area contributed by atoms with Gasteiger partial charge >= 0.3 is 0 Å². The Balaban J connectivity index is 3.13. The van der Waals surface area contributed by atoms with Gasteiger partial charge in [0, 0.05) is 23.8 Å². The quantitative estimate of drug-likeness (QED) is 0.605. The minimum absolute atomic E-state index is 0.0406. The number of carbonyl (C=O) groups excluding carboxylic acids is 1. The van der Waals surface area contributed by atoms with Gasteiger partial charge in [0.1, 0.15) is 5.15 Å². The summed E-state index contributed by atoms with van der Waals surface area (Å²) in [5.41, 5.74) is 1.41. The van der Waals surface area contributed by atoms with Crippen molar-refractivity contribution >= 4 is 17.5 Å². The molecule has 0 radical (unpaired) electrons. The van der Waals surface area contributed by atoms with Crippen LogP contribution in [0.2, 0.25) is 5.15 Å². The fourth-order valence-corrected chi connectivity index (χ4v) is 1.98. The zero-order valence-corrected chi connectivity index (χ0v) is 12.7. The van der Waals surface area contributed by atoms with Gasteiger partial charge in [-0.3, -0.25) is 4.79 Å². The number of aromatic nitrogens is 1. The van der Waals surface area contributed by atoms with E-state index in [2.05, 4.69) is 11.6 Å². The number of hydrogen-bond acceptors (Lipinski definition) is 2. The normalized spacial score (nSPS) is 10.9. The lowest BCUT2D eigenvalue weighted by molar-refractivity contribution is 0.0728. The van der Waals surface area contributed by atoms with Crippen molar-refractivity contribution in [2.75, 3.05) is 6.54 Å². The van der Waals surface area contributed by atoms with E-state index in [0.717, 1.165) is 5.69 Å². The average Bonchev–Trinajstić information content (AvgIpc) is 2.33. The van der Waals surface area contributed by atoms with Crippen LogP contribution in [-0.2, 0) is 0 Å². The summed E-state index contributed by atoms with van der Waals surface area (Å²) in [6, 6.07) is 3.55. The van der Waals surface area contributed by atoms with Gasteiger partial charge in [0.05, 0.1) is 0 Å². The van der Waals surface area contributed by atoms with Crippen molar-refractivity contribution in [3.05, 3.63) is 41.2 Å². The van der Waals surface area contributed by atoms with Crippen molar-refractivity contribution in [3.63, 3.8) is 0 Å². The van der Waals surface area contributed by atoms with Crippen LogP contribution in [-0.4, -0.2) is 28.4 Å². The van der Waals surface area contributed by atoms with E-state index in [1.54, 1.807) is 17.0 Å². The highest BCUT2D eigenvalue weighted by atomic mass is 35.5. The third-order valence-corrected chi connectivity index (χ3v) is 3.06. The van der Waals surface area contributed by atoms with E-state index in [1.165, 1.54) is 0 Å². The van der Waals surface area contributed by atoms with Crippen molar-refractivity contribution in [1.82, 2.24) is 9.88 Å². The largest absolute Gasteiger partial charge is 0.333 e. The molecule has 0 aromatic carbocycles. The van der Waals surface area contributed by atoms with Gasteiger partial charge in [-0.1, -0.05) is 31.5 Å². The summed E-state index contributed by atoms with van der Waals surface area (Å²) in [5.74, 6) is 0.193. The van der Waals surface area contributed by atoms with Crippen LogP contribution < -0.4 is 0 Å². The summed E-state index contributed by atoms with van der Waals surface area (Å²) in [5, 5.41) is 0.358. The molecule has 1 aromatic rings. The number of hydrogen-bond donors (Lipinski definition) is 0. The van der Waals surface area contributed by atoms with Crippen LogP contribution in [0.1, 0.15) is 49.7 Å². The smallest absolute Gasteiger partial charge is 0.254 e. The number of pyridine rings is 1. The lowest BCUT2D eigenvalue weighted by Gasteiger charge is -2.25. The molecule has 1 heterocycles. The minimum Gasteiger partial charge on any atom is -0.333 e. The molecule has 3 nitrogen and oxygen atoms in total. The molecule has 0 atom stereocenters. The molecular weight excluding hydrogens is 260 g/mol. The van der Waals surface area contributed by atoms with E-state index in [4.69, 9.17) is 11.6 Å². The Morgan fingerprint density at radius 1 is 1.42 bits per heavy atom. The summed E-state index contributed by atoms with van der Waals surface area (Å²) < 4.78 is 0. The van der Waals surface area contributed by atoms with Gasteiger partial charge in [-0.15, -0.1) is 6.58 Å². The molecule has 1 aromatic heterocycles. The number of halogens is 1. The second-order valence-corrected chi connectivity index (χ2v) is 5.49. The molecule has 0 bridgehead atoms. The van der Waals surface area contributed by atoms with Gasteiger partial charge in [-0.05, 0) is 31.9 Å². The van der Waals surface area contributed by atoms with Gasteiger partial charge in [-0.25, -0.2) is 4.98 Å². The fraction of sp³-hybridized carbons (Fsp3) is 0.467. The third-order valence-electron chi connectivity index (χ3n) is 2.86. The summed E-state index contributed by atoms with van der Waals surface area (Å²) in [6.07, 6.45) is 1.73. The first kappa shape index (κ1) is 15.7. The van der Waals surface area contributed by atoms with Crippen LogP contribution in [0.25, 0.3) is 0 Å². The summed E-state index contributed by atoms with van der Waals surface area (Å²) in [6.45, 7) is 12.2. The molecule has 0 spiro atoms. The first-order chi connectivity index (χ1) is 8.86. The van der Waals surface area contributed by atoms with Crippen LogP contribution >= 0.6 is 11.6 Å². The Bertz CT molecular complexity index is 469. The first-order valence-electron chi connectivity index (χ1n) is 6.46. The first-order valence-corrected chi connectivity index (χ1v) is 6.84. The second-order valence-electron chi connectivity index (χ2n) is 5.10. The van der Waals surface area contributed by atoms with Gasteiger partial charge in [0.15, 0.2) is 0 Å². The van der Waals surface area contributed by atoms with E-state index in [-0.39, 0.29) is 17.9 Å². The lowest BCUT2D eigenvalue weighted by atomic mass is 10.1. The second kappa shape index (κ2) is 6.71. The molecule has 4 heteroatoms. The number of rotatable bonds is 5. The summed E-state index contributed by atoms with van der Waals surface area (Å²) >= 11 is 6.00. The monoisotopic (exact) mass is 280 g/mol. The molecule has 0 fully saturated rings. The van der Waals surface area contributed by atoms with Crippen molar-refractivity contribution in [1.29, 1.82) is 0 Å². The van der Waals surface area contributed by atoms with Gasteiger partial charge in [0.25, 0.3) is 5.91 Å². The molecule has 0 saturated carbocycles. The number of carbonyl (C=O) groups is 1. The Kier molecular flexibility index (Phi) is 5.55. The maximum atomic E-state index is 12.5. The number of amides is 1. The van der Waals surface area contributed by atoms with E-state index in [1.807, 2.05) is 33.8 Å². The predicted molar refractivity (Wildman–Crippen MR) is 79.7 cm³/mol. The van der Waals surface area contributed by atoms with Crippen molar-refractivity contribution in [3.8, 4) is 0 Å². The Morgan fingerprint density at radius 2 is 2.05 bits per heavy atom. The Morgan fingerprint density at radius 3 is 2.53 bits per heavy atom.